The second-order valence-corrected chi connectivity index (χ2v) is 8.10. The monoisotopic (exact) mass is 409 g/mol. The molecule has 0 atom stereocenters. The number of carbonyl (C=O) groups is 1. The van der Waals surface area contributed by atoms with Gasteiger partial charge in [0.2, 0.25) is 0 Å². The second-order valence-electron chi connectivity index (χ2n) is 8.10. The van der Waals surface area contributed by atoms with Crippen molar-refractivity contribution in [2.24, 2.45) is 5.92 Å². The number of methoxy groups -OCH3 is 1. The molecule has 1 amide bonds. The fourth-order valence-corrected chi connectivity index (χ4v) is 4.35. The van der Waals surface area contributed by atoms with Crippen LogP contribution >= 0.6 is 0 Å². The van der Waals surface area contributed by atoms with Gasteiger partial charge in [0.1, 0.15) is 11.6 Å². The van der Waals surface area contributed by atoms with Crippen molar-refractivity contribution in [2.45, 2.75) is 25.7 Å². The third-order valence-electron chi connectivity index (χ3n) is 6.23. The maximum Gasteiger partial charge on any atom is 0.257 e. The lowest BCUT2D eigenvalue weighted by Gasteiger charge is -2.34. The van der Waals surface area contributed by atoms with Crippen molar-refractivity contribution >= 4 is 11.7 Å². The molecule has 0 aliphatic carbocycles. The minimum atomic E-state index is 0.109. The van der Waals surface area contributed by atoms with Crippen LogP contribution in [0.1, 0.15) is 35.2 Å². The summed E-state index contributed by atoms with van der Waals surface area (Å²) in [7, 11) is 1.69. The van der Waals surface area contributed by atoms with E-state index in [-0.39, 0.29) is 5.91 Å². The Labute approximate surface area is 178 Å². The molecule has 2 fully saturated rings. The highest BCUT2D eigenvalue weighted by Gasteiger charge is 2.27. The molecular formula is C24H31N3O3. The number of likely N-dealkylation sites (tertiary alicyclic amines) is 1. The molecule has 2 aliphatic heterocycles. The van der Waals surface area contributed by atoms with Crippen molar-refractivity contribution in [3.8, 4) is 5.75 Å². The molecule has 6 heteroatoms. The van der Waals surface area contributed by atoms with E-state index in [4.69, 9.17) is 9.47 Å². The molecule has 2 saturated heterocycles. The number of carbonyl (C=O) groups excluding carboxylic acids is 1. The molecule has 1 aromatic carbocycles. The first-order valence-electron chi connectivity index (χ1n) is 10.9. The molecule has 0 radical (unpaired) electrons. The first-order valence-corrected chi connectivity index (χ1v) is 10.9. The Hall–Kier alpha value is -2.60. The Morgan fingerprint density at radius 3 is 2.53 bits per heavy atom. The summed E-state index contributed by atoms with van der Waals surface area (Å²) in [6.07, 6.45) is 6.14. The molecule has 0 saturated carbocycles. The van der Waals surface area contributed by atoms with Crippen molar-refractivity contribution in [2.75, 3.05) is 51.4 Å². The number of anilines is 1. The average Bonchev–Trinajstić information content (AvgIpc) is 2.83. The van der Waals surface area contributed by atoms with Crippen molar-refractivity contribution in [1.29, 1.82) is 0 Å². The Morgan fingerprint density at radius 2 is 1.83 bits per heavy atom. The number of aromatic nitrogens is 1. The zero-order valence-corrected chi connectivity index (χ0v) is 17.8. The van der Waals surface area contributed by atoms with Gasteiger partial charge in [-0.25, -0.2) is 4.98 Å². The Balaban J connectivity index is 1.31. The highest BCUT2D eigenvalue weighted by atomic mass is 16.5. The summed E-state index contributed by atoms with van der Waals surface area (Å²) in [5.74, 6) is 2.48. The molecule has 0 N–H and O–H groups in total. The third-order valence-corrected chi connectivity index (χ3v) is 6.23. The van der Waals surface area contributed by atoms with Crippen LogP contribution in [-0.4, -0.2) is 62.3 Å². The van der Waals surface area contributed by atoms with Gasteiger partial charge in [-0.05, 0) is 61.4 Å². The maximum atomic E-state index is 13.2. The molecule has 0 bridgehead atoms. The highest BCUT2D eigenvalue weighted by Crippen LogP contribution is 2.26. The Kier molecular flexibility index (Phi) is 6.84. The van der Waals surface area contributed by atoms with Gasteiger partial charge >= 0.3 is 0 Å². The molecular weight excluding hydrogens is 378 g/mol. The van der Waals surface area contributed by atoms with E-state index in [1.807, 2.05) is 29.2 Å². The molecule has 2 aliphatic rings. The molecule has 0 spiro atoms. The minimum absolute atomic E-state index is 0.109. The number of morpholine rings is 1. The van der Waals surface area contributed by atoms with Gasteiger partial charge in [-0.2, -0.15) is 0 Å². The number of ether oxygens (including phenoxy) is 2. The van der Waals surface area contributed by atoms with E-state index in [9.17, 15) is 4.79 Å². The number of hydrogen-bond donors (Lipinski definition) is 0. The first kappa shape index (κ1) is 20.7. The lowest BCUT2D eigenvalue weighted by molar-refractivity contribution is 0.0686. The van der Waals surface area contributed by atoms with Gasteiger partial charge in [-0.3, -0.25) is 4.79 Å². The number of benzene rings is 1. The first-order chi connectivity index (χ1) is 14.7. The summed E-state index contributed by atoms with van der Waals surface area (Å²) in [5.41, 5.74) is 2.07. The number of rotatable bonds is 6. The number of nitrogens with zero attached hydrogens (tertiary/aromatic N) is 3. The van der Waals surface area contributed by atoms with E-state index in [2.05, 4.69) is 22.0 Å². The van der Waals surface area contributed by atoms with E-state index < -0.39 is 0 Å². The van der Waals surface area contributed by atoms with Crippen molar-refractivity contribution in [3.63, 3.8) is 0 Å². The van der Waals surface area contributed by atoms with Crippen LogP contribution in [0, 0.1) is 5.92 Å². The number of aryl methyl sites for hydroxylation is 1. The van der Waals surface area contributed by atoms with E-state index in [0.717, 1.165) is 62.6 Å². The van der Waals surface area contributed by atoms with Gasteiger partial charge in [0.25, 0.3) is 5.91 Å². The van der Waals surface area contributed by atoms with Crippen LogP contribution in [0.4, 0.5) is 5.82 Å². The van der Waals surface area contributed by atoms with Gasteiger partial charge in [-0.15, -0.1) is 0 Å². The molecule has 0 unspecified atom stereocenters. The van der Waals surface area contributed by atoms with Crippen LogP contribution in [0.15, 0.2) is 42.6 Å². The summed E-state index contributed by atoms with van der Waals surface area (Å²) in [6.45, 7) is 4.58. The molecule has 1 aromatic heterocycles. The summed E-state index contributed by atoms with van der Waals surface area (Å²) in [6, 6.07) is 12.1. The summed E-state index contributed by atoms with van der Waals surface area (Å²) in [4.78, 5) is 21.9. The van der Waals surface area contributed by atoms with Gasteiger partial charge in [0.15, 0.2) is 0 Å². The summed E-state index contributed by atoms with van der Waals surface area (Å²) < 4.78 is 10.7. The highest BCUT2D eigenvalue weighted by molar-refractivity contribution is 5.99. The van der Waals surface area contributed by atoms with Crippen LogP contribution in [0.2, 0.25) is 0 Å². The smallest absolute Gasteiger partial charge is 0.257 e. The maximum absolute atomic E-state index is 13.2. The summed E-state index contributed by atoms with van der Waals surface area (Å²) in [5, 5.41) is 0. The topological polar surface area (TPSA) is 54.9 Å². The van der Waals surface area contributed by atoms with E-state index in [1.165, 1.54) is 12.0 Å². The number of hydrogen-bond acceptors (Lipinski definition) is 5. The van der Waals surface area contributed by atoms with Crippen molar-refractivity contribution in [3.05, 3.63) is 53.7 Å². The molecule has 6 nitrogen and oxygen atoms in total. The number of pyridine rings is 1. The molecule has 3 heterocycles. The Bertz CT molecular complexity index is 826. The van der Waals surface area contributed by atoms with Gasteiger partial charge < -0.3 is 19.3 Å². The predicted molar refractivity (Wildman–Crippen MR) is 117 cm³/mol. The SMILES string of the molecule is COc1ccc(CCC2CCN(C(=O)c3cccnc3N3CCOCC3)CC2)cc1. The Morgan fingerprint density at radius 1 is 1.10 bits per heavy atom. The lowest BCUT2D eigenvalue weighted by atomic mass is 9.90. The minimum Gasteiger partial charge on any atom is -0.497 e. The molecule has 4 rings (SSSR count). The van der Waals surface area contributed by atoms with Crippen LogP contribution in [-0.2, 0) is 11.2 Å². The van der Waals surface area contributed by atoms with Crippen LogP contribution in [0.5, 0.6) is 5.75 Å². The standard InChI is InChI=1S/C24H31N3O3/c1-29-21-8-6-19(7-9-21)4-5-20-10-13-27(14-11-20)24(28)22-3-2-12-25-23(22)26-15-17-30-18-16-26/h2-3,6-9,12,20H,4-5,10-11,13-18H2,1H3. The zero-order valence-electron chi connectivity index (χ0n) is 17.8. The van der Waals surface area contributed by atoms with E-state index in [1.54, 1.807) is 13.3 Å². The van der Waals surface area contributed by atoms with Crippen LogP contribution in [0.3, 0.4) is 0 Å². The van der Waals surface area contributed by atoms with Crippen molar-refractivity contribution in [1.82, 2.24) is 9.88 Å². The third kappa shape index (κ3) is 4.93. The lowest BCUT2D eigenvalue weighted by Crippen LogP contribution is -2.41. The fraction of sp³-hybridized carbons (Fsp3) is 0.500. The summed E-state index contributed by atoms with van der Waals surface area (Å²) >= 11 is 0. The predicted octanol–water partition coefficient (Wildman–Crippen LogP) is 3.41. The molecule has 30 heavy (non-hydrogen) atoms. The second kappa shape index (κ2) is 9.94. The van der Waals surface area contributed by atoms with E-state index in [0.29, 0.717) is 19.1 Å². The molecule has 160 valence electrons. The average molecular weight is 410 g/mol. The van der Waals surface area contributed by atoms with Crippen LogP contribution in [0.25, 0.3) is 0 Å². The van der Waals surface area contributed by atoms with Gasteiger partial charge in [-0.1, -0.05) is 12.1 Å². The zero-order chi connectivity index (χ0) is 20.8. The quantitative estimate of drug-likeness (QED) is 0.732. The normalized spacial score (nSPS) is 17.8. The number of piperidine rings is 1. The van der Waals surface area contributed by atoms with Gasteiger partial charge in [0.05, 0.1) is 25.9 Å². The number of amides is 1. The van der Waals surface area contributed by atoms with Crippen molar-refractivity contribution < 1.29 is 14.3 Å². The van der Waals surface area contributed by atoms with Gasteiger partial charge in [0, 0.05) is 32.4 Å². The largest absolute Gasteiger partial charge is 0.497 e. The van der Waals surface area contributed by atoms with Crippen LogP contribution < -0.4 is 9.64 Å². The fourth-order valence-electron chi connectivity index (χ4n) is 4.35. The van der Waals surface area contributed by atoms with E-state index >= 15 is 0 Å². The molecule has 2 aromatic rings.